The van der Waals surface area contributed by atoms with Gasteiger partial charge in [0, 0.05) is 0 Å². The normalized spacial score (nSPS) is 15.5. The van der Waals surface area contributed by atoms with Crippen molar-refractivity contribution in [1.29, 1.82) is 0 Å². The molecule has 0 aromatic rings. The maximum absolute atomic E-state index is 3.76. The summed E-state index contributed by atoms with van der Waals surface area (Å²) < 4.78 is 0. The summed E-state index contributed by atoms with van der Waals surface area (Å²) in [5, 5.41) is 0.455. The van der Waals surface area contributed by atoms with Crippen molar-refractivity contribution in [2.45, 2.75) is 25.9 Å². The molecule has 0 N–H and O–H groups in total. The minimum Gasteiger partial charge on any atom is -0.0986 e. The third-order valence-electron chi connectivity index (χ3n) is 1.33. The molecular weight excluding hydrogens is 115 g/mol. The molecule has 0 radical (unpaired) electrons. The molecule has 48 valence electrons. The maximum Gasteiger partial charge on any atom is -0.0147 e. The zero-order valence-electron chi connectivity index (χ0n) is 6.23. The third kappa shape index (κ3) is 2.47. The third-order valence-corrected chi connectivity index (χ3v) is 4.00. The average molecular weight is 130 g/mol. The maximum atomic E-state index is 3.76. The molecule has 8 heavy (non-hydrogen) atoms. The monoisotopic (exact) mass is 130 g/mol. The first kappa shape index (κ1) is 8.17. The molecule has 0 saturated carbocycles. The summed E-state index contributed by atoms with van der Waals surface area (Å²) in [5.74, 6) is 2.06. The van der Waals surface area contributed by atoms with E-state index in [4.69, 9.17) is 0 Å². The summed E-state index contributed by atoms with van der Waals surface area (Å²) in [4.78, 5) is 0. The highest BCUT2D eigenvalue weighted by Crippen LogP contribution is 2.46. The van der Waals surface area contributed by atoms with Crippen molar-refractivity contribution in [3.05, 3.63) is 12.4 Å². The van der Waals surface area contributed by atoms with Crippen LogP contribution in [0.1, 0.15) is 20.8 Å². The predicted octanol–water partition coefficient (Wildman–Crippen LogP) is 3.04. The molecule has 0 spiro atoms. The van der Waals surface area contributed by atoms with E-state index < -0.39 is 0 Å². The summed E-state index contributed by atoms with van der Waals surface area (Å²) in [6.45, 7) is 12.8. The Morgan fingerprint density at radius 1 is 1.38 bits per heavy atom. The van der Waals surface area contributed by atoms with Crippen LogP contribution in [0, 0.1) is 0 Å². The lowest BCUT2D eigenvalue weighted by Gasteiger charge is -2.23. The van der Waals surface area contributed by atoms with E-state index in [1.54, 1.807) is 0 Å². The molecule has 1 unspecified atom stereocenters. The molecule has 0 rings (SSSR count). The van der Waals surface area contributed by atoms with Crippen LogP contribution in [0.15, 0.2) is 12.4 Å². The highest BCUT2D eigenvalue weighted by atomic mass is 31.1. The number of hydrogen-bond donors (Lipinski definition) is 0. The van der Waals surface area contributed by atoms with Crippen LogP contribution in [-0.4, -0.2) is 11.8 Å². The van der Waals surface area contributed by atoms with Crippen LogP contribution in [0.4, 0.5) is 0 Å². The SMILES string of the molecule is C=CP(C)C(C)(C)C. The molecule has 0 saturated heterocycles. The van der Waals surface area contributed by atoms with Gasteiger partial charge in [0.2, 0.25) is 0 Å². The van der Waals surface area contributed by atoms with E-state index in [1.807, 2.05) is 0 Å². The van der Waals surface area contributed by atoms with Gasteiger partial charge in [-0.3, -0.25) is 0 Å². The summed E-state index contributed by atoms with van der Waals surface area (Å²) in [7, 11) is 0.0445. The largest absolute Gasteiger partial charge is 0.0986 e. The first-order chi connectivity index (χ1) is 3.48. The zero-order chi connectivity index (χ0) is 6.78. The van der Waals surface area contributed by atoms with Crippen molar-refractivity contribution in [2.24, 2.45) is 0 Å². The molecule has 0 aromatic carbocycles. The van der Waals surface area contributed by atoms with E-state index in [2.05, 4.69) is 39.8 Å². The van der Waals surface area contributed by atoms with Gasteiger partial charge in [-0.25, -0.2) is 0 Å². The van der Waals surface area contributed by atoms with E-state index in [0.29, 0.717) is 5.16 Å². The Morgan fingerprint density at radius 3 is 1.75 bits per heavy atom. The van der Waals surface area contributed by atoms with Crippen LogP contribution in [0.3, 0.4) is 0 Å². The predicted molar refractivity (Wildman–Crippen MR) is 42.8 cm³/mol. The summed E-state index contributed by atoms with van der Waals surface area (Å²) in [5.41, 5.74) is 0. The van der Waals surface area contributed by atoms with Crippen LogP contribution >= 0.6 is 7.92 Å². The Hall–Kier alpha value is 0.170. The lowest BCUT2D eigenvalue weighted by atomic mass is 10.3. The van der Waals surface area contributed by atoms with Crippen molar-refractivity contribution in [3.63, 3.8) is 0 Å². The van der Waals surface area contributed by atoms with E-state index in [1.165, 1.54) is 0 Å². The quantitative estimate of drug-likeness (QED) is 0.478. The summed E-state index contributed by atoms with van der Waals surface area (Å²) in [6.07, 6.45) is 0. The van der Waals surface area contributed by atoms with Crippen LogP contribution in [0.5, 0.6) is 0 Å². The van der Waals surface area contributed by atoms with Crippen molar-refractivity contribution in [2.75, 3.05) is 6.66 Å². The lowest BCUT2D eigenvalue weighted by Crippen LogP contribution is -2.08. The fraction of sp³-hybridized carbons (Fsp3) is 0.714. The second-order valence-corrected chi connectivity index (χ2v) is 5.89. The molecule has 0 heterocycles. The van der Waals surface area contributed by atoms with Crippen molar-refractivity contribution >= 4 is 7.92 Å². The summed E-state index contributed by atoms with van der Waals surface area (Å²) in [6, 6.07) is 0. The smallest absolute Gasteiger partial charge is 0.0147 e. The molecule has 0 aliphatic heterocycles. The fourth-order valence-electron chi connectivity index (χ4n) is 0.274. The first-order valence-electron chi connectivity index (χ1n) is 2.84. The Morgan fingerprint density at radius 2 is 1.75 bits per heavy atom. The van der Waals surface area contributed by atoms with Gasteiger partial charge in [-0.1, -0.05) is 41.1 Å². The Bertz CT molecular complexity index is 78.9. The van der Waals surface area contributed by atoms with Gasteiger partial charge in [-0.15, -0.1) is 0 Å². The zero-order valence-corrected chi connectivity index (χ0v) is 7.13. The van der Waals surface area contributed by atoms with Gasteiger partial charge in [0.05, 0.1) is 0 Å². The molecule has 0 amide bonds. The van der Waals surface area contributed by atoms with Crippen LogP contribution in [-0.2, 0) is 0 Å². The topological polar surface area (TPSA) is 0 Å². The van der Waals surface area contributed by atoms with Crippen molar-refractivity contribution < 1.29 is 0 Å². The Kier molecular flexibility index (Phi) is 2.70. The van der Waals surface area contributed by atoms with Gasteiger partial charge in [0.15, 0.2) is 0 Å². The highest BCUT2D eigenvalue weighted by molar-refractivity contribution is 7.61. The Balaban J connectivity index is 3.80. The first-order valence-corrected chi connectivity index (χ1v) is 4.70. The van der Waals surface area contributed by atoms with Gasteiger partial charge < -0.3 is 0 Å². The standard InChI is InChI=1S/C7H15P/c1-6-8(5)7(2,3)4/h6H,1H2,2-5H3. The molecule has 1 atom stereocenters. The van der Waals surface area contributed by atoms with Gasteiger partial charge in [-0.05, 0) is 11.8 Å². The van der Waals surface area contributed by atoms with Crippen molar-refractivity contribution in [3.8, 4) is 0 Å². The molecule has 0 bridgehead atoms. The fourth-order valence-corrected chi connectivity index (χ4v) is 0.822. The lowest BCUT2D eigenvalue weighted by molar-refractivity contribution is 0.790. The van der Waals surface area contributed by atoms with E-state index >= 15 is 0 Å². The second-order valence-electron chi connectivity index (χ2n) is 2.96. The van der Waals surface area contributed by atoms with Gasteiger partial charge >= 0.3 is 0 Å². The second kappa shape index (κ2) is 2.64. The van der Waals surface area contributed by atoms with Crippen molar-refractivity contribution in [1.82, 2.24) is 0 Å². The molecule has 0 aliphatic carbocycles. The van der Waals surface area contributed by atoms with Crippen LogP contribution in [0.2, 0.25) is 0 Å². The highest BCUT2D eigenvalue weighted by Gasteiger charge is 2.15. The molecular formula is C7H15P. The minimum atomic E-state index is 0.0445. The molecule has 1 heteroatoms. The molecule has 0 aromatic heterocycles. The van der Waals surface area contributed by atoms with E-state index in [0.717, 1.165) is 0 Å². The van der Waals surface area contributed by atoms with Gasteiger partial charge in [0.25, 0.3) is 0 Å². The van der Waals surface area contributed by atoms with Crippen LogP contribution in [0.25, 0.3) is 0 Å². The van der Waals surface area contributed by atoms with Gasteiger partial charge in [0.1, 0.15) is 0 Å². The number of hydrogen-bond acceptors (Lipinski definition) is 0. The van der Waals surface area contributed by atoms with E-state index in [-0.39, 0.29) is 7.92 Å². The van der Waals surface area contributed by atoms with Gasteiger partial charge in [-0.2, -0.15) is 0 Å². The molecule has 0 nitrogen and oxygen atoms in total. The van der Waals surface area contributed by atoms with Crippen LogP contribution < -0.4 is 0 Å². The molecule has 0 aliphatic rings. The Labute approximate surface area is 53.7 Å². The molecule has 0 fully saturated rings. The number of rotatable bonds is 1. The summed E-state index contributed by atoms with van der Waals surface area (Å²) >= 11 is 0. The average Bonchev–Trinajstić information content (AvgIpc) is 1.62. The van der Waals surface area contributed by atoms with E-state index in [9.17, 15) is 0 Å². The minimum absolute atomic E-state index is 0.0445.